The summed E-state index contributed by atoms with van der Waals surface area (Å²) in [6.07, 6.45) is 37.3. The van der Waals surface area contributed by atoms with E-state index in [0.717, 1.165) is 45.7 Å². The van der Waals surface area contributed by atoms with Crippen molar-refractivity contribution in [3.63, 3.8) is 0 Å². The Balaban J connectivity index is 0.000000139. The van der Waals surface area contributed by atoms with Crippen molar-refractivity contribution in [3.05, 3.63) is 62.7 Å². The van der Waals surface area contributed by atoms with Crippen molar-refractivity contribution in [1.82, 2.24) is 0 Å². The molecule has 0 saturated carbocycles. The Morgan fingerprint density at radius 2 is 0.702 bits per heavy atom. The molecular formula is C68H76I2O2S12. The Bertz CT molecular complexity index is 3780. The van der Waals surface area contributed by atoms with Crippen LogP contribution in [-0.4, -0.2) is 26.4 Å². The van der Waals surface area contributed by atoms with Crippen LogP contribution in [0.5, 0.6) is 0 Å². The second-order valence-electron chi connectivity index (χ2n) is 21.0. The molecule has 14 rings (SSSR count). The average molecular weight is 1560 g/mol. The van der Waals surface area contributed by atoms with Crippen molar-refractivity contribution < 1.29 is 9.47 Å². The Morgan fingerprint density at radius 3 is 1.06 bits per heavy atom. The molecule has 0 radical (unpaired) electrons. The van der Waals surface area contributed by atoms with Gasteiger partial charge in [-0.3, -0.25) is 0 Å². The maximum atomic E-state index is 5.12. The molecule has 14 heterocycles. The molecule has 12 aromatic rings. The van der Waals surface area contributed by atoms with Crippen LogP contribution in [0.25, 0.3) is 84.6 Å². The van der Waals surface area contributed by atoms with Gasteiger partial charge in [0.25, 0.3) is 0 Å². The van der Waals surface area contributed by atoms with E-state index in [1.54, 1.807) is 0 Å². The van der Waals surface area contributed by atoms with Gasteiger partial charge in [-0.15, -0.1) is 148 Å². The van der Waals surface area contributed by atoms with Gasteiger partial charge in [-0.1, -0.05) is 141 Å². The summed E-state index contributed by atoms with van der Waals surface area (Å²) in [5.74, 6) is 16.4. The van der Waals surface area contributed by atoms with Gasteiger partial charge in [0.1, 0.15) is 0 Å². The van der Waals surface area contributed by atoms with E-state index < -0.39 is 0 Å². The van der Waals surface area contributed by atoms with E-state index in [9.17, 15) is 0 Å². The first-order chi connectivity index (χ1) is 41.4. The van der Waals surface area contributed by atoms with Crippen LogP contribution in [0.4, 0.5) is 0 Å². The van der Waals surface area contributed by atoms with E-state index in [4.69, 9.17) is 15.9 Å². The van der Waals surface area contributed by atoms with Crippen molar-refractivity contribution in [2.45, 2.75) is 181 Å². The molecule has 0 spiro atoms. The number of hydrogen-bond donors (Lipinski definition) is 0. The van der Waals surface area contributed by atoms with Crippen LogP contribution >= 0.6 is 181 Å². The monoisotopic (exact) mass is 1560 g/mol. The first-order valence-corrected chi connectivity index (χ1v) is 42.4. The maximum absolute atomic E-state index is 5.12. The Hall–Kier alpha value is -1.20. The standard InChI is InChI=1S/C30H36S4.C10H2I2S4.C10H4S4.C10H18.2C4H8O/c1-3-5-7-9-11-13-15-17-19-23-21-25-27-28(33-29(25)31-23)26-22-24(32-30(26)34-27)20-18-16-14-12-10-8-6-4-2;11-5-1-3-7-8(16-9(3)13-5)4-2-6(12)14-10(4)15-7;1-3-11-9-5(1)7-8(14-9)6-2-4-12-10(6)13-7;1-3-5-7-9-10-8-6-4-2;2*1-2-4-5-3-1/h21-22H,3-16H2,1-2H3;1-2H;1-4H;1H,4-10H2,2H3;2*1-4H2. The summed E-state index contributed by atoms with van der Waals surface area (Å²) in [5, 5.41) is 13.1. The molecule has 12 aromatic heterocycles. The van der Waals surface area contributed by atoms with Crippen molar-refractivity contribution in [2.24, 2.45) is 0 Å². The minimum absolute atomic E-state index is 0.964. The number of thiophene rings is 12. The van der Waals surface area contributed by atoms with Gasteiger partial charge in [0, 0.05) is 78.0 Å². The summed E-state index contributed by atoms with van der Waals surface area (Å²) in [6, 6.07) is 13.8. The van der Waals surface area contributed by atoms with Gasteiger partial charge in [-0.2, -0.15) is 0 Å². The normalized spacial score (nSPS) is 12.9. The average Bonchev–Trinajstić information content (AvgIpc) is 1.80. The van der Waals surface area contributed by atoms with Crippen LogP contribution in [0.15, 0.2) is 47.2 Å². The molecule has 16 heteroatoms. The minimum atomic E-state index is 0.964. The zero-order valence-electron chi connectivity index (χ0n) is 48.7. The predicted octanol–water partition coefficient (Wildman–Crippen LogP) is 28.6. The Morgan fingerprint density at radius 1 is 0.381 bits per heavy atom. The van der Waals surface area contributed by atoms with E-state index in [2.05, 4.69) is 143 Å². The van der Waals surface area contributed by atoms with Crippen LogP contribution in [0.3, 0.4) is 0 Å². The second-order valence-corrected chi connectivity index (χ2v) is 38.5. The SMILES string of the molecule is C#CCCCCCCCC.C1CCOC1.C1CCOC1.CCCCCCCCC#Cc1cc2c(s1)sc1c3cc(C#CCCCCCCCC)sc3sc21.Ic1cc2c(s1)sc1c3cc(I)sc3sc21.c1cc2c(s1)sc1c3ccsc3sc21. The molecule has 2 nitrogen and oxygen atoms in total. The highest BCUT2D eigenvalue weighted by Crippen LogP contribution is 2.51. The lowest BCUT2D eigenvalue weighted by molar-refractivity contribution is 0.198. The van der Waals surface area contributed by atoms with Crippen LogP contribution < -0.4 is 0 Å². The number of halogens is 2. The first kappa shape index (κ1) is 67.2. The third-order valence-electron chi connectivity index (χ3n) is 14.3. The third kappa shape index (κ3) is 19.2. The molecule has 0 unspecified atom stereocenters. The van der Waals surface area contributed by atoms with E-state index >= 15 is 0 Å². The fraction of sp³-hybridized carbons (Fsp3) is 0.471. The van der Waals surface area contributed by atoms with Crippen LogP contribution in [0.1, 0.15) is 191 Å². The summed E-state index contributed by atoms with van der Waals surface area (Å²) in [6.45, 7) is 10.8. The molecule has 0 bridgehead atoms. The van der Waals surface area contributed by atoms with Gasteiger partial charge < -0.3 is 9.47 Å². The summed E-state index contributed by atoms with van der Waals surface area (Å²) >= 11 is 27.8. The lowest BCUT2D eigenvalue weighted by Gasteiger charge is -1.96. The van der Waals surface area contributed by atoms with E-state index in [-0.39, 0.29) is 0 Å². The summed E-state index contributed by atoms with van der Waals surface area (Å²) in [7, 11) is 0. The van der Waals surface area contributed by atoms with Gasteiger partial charge in [-0.25, -0.2) is 0 Å². The zero-order chi connectivity index (χ0) is 58.3. The molecule has 0 aliphatic carbocycles. The highest BCUT2D eigenvalue weighted by molar-refractivity contribution is 14.1. The number of hydrogen-bond acceptors (Lipinski definition) is 14. The van der Waals surface area contributed by atoms with Crippen LogP contribution in [0.2, 0.25) is 0 Å². The predicted molar refractivity (Wildman–Crippen MR) is 414 cm³/mol. The minimum Gasteiger partial charge on any atom is -0.381 e. The maximum Gasteiger partial charge on any atom is 0.0899 e. The lowest BCUT2D eigenvalue weighted by Crippen LogP contribution is -1.77. The highest BCUT2D eigenvalue weighted by atomic mass is 127. The summed E-state index contributed by atoms with van der Waals surface area (Å²) < 4.78 is 30.3. The Kier molecular flexibility index (Phi) is 29.3. The molecule has 446 valence electrons. The van der Waals surface area contributed by atoms with E-state index in [1.165, 1.54) is 241 Å². The third-order valence-corrected chi connectivity index (χ3v) is 30.5. The van der Waals surface area contributed by atoms with Gasteiger partial charge >= 0.3 is 0 Å². The summed E-state index contributed by atoms with van der Waals surface area (Å²) in [4.78, 5) is 2.46. The fourth-order valence-corrected chi connectivity index (χ4v) is 27.8. The molecule has 2 aliphatic heterocycles. The van der Waals surface area contributed by atoms with Crippen molar-refractivity contribution in [3.8, 4) is 36.0 Å². The van der Waals surface area contributed by atoms with E-state index in [0.29, 0.717) is 0 Å². The molecule has 0 aromatic carbocycles. The molecule has 0 atom stereocenters. The number of fused-ring (bicyclic) bond motifs is 15. The topological polar surface area (TPSA) is 18.5 Å². The second kappa shape index (κ2) is 36.6. The molecule has 2 saturated heterocycles. The lowest BCUT2D eigenvalue weighted by atomic mass is 10.1. The zero-order valence-corrected chi connectivity index (χ0v) is 62.8. The quantitative estimate of drug-likeness (QED) is 0.0484. The van der Waals surface area contributed by atoms with Gasteiger partial charge in [-0.05, 0) is 137 Å². The summed E-state index contributed by atoms with van der Waals surface area (Å²) in [5.41, 5.74) is 0. The van der Waals surface area contributed by atoms with Crippen LogP contribution in [0, 0.1) is 41.8 Å². The smallest absolute Gasteiger partial charge is 0.0899 e. The highest BCUT2D eigenvalue weighted by Gasteiger charge is 2.18. The number of terminal acetylenes is 1. The van der Waals surface area contributed by atoms with Crippen molar-refractivity contribution in [1.29, 1.82) is 0 Å². The molecule has 0 N–H and O–H groups in total. The number of rotatable bonds is 18. The largest absolute Gasteiger partial charge is 0.381 e. The van der Waals surface area contributed by atoms with Crippen LogP contribution in [-0.2, 0) is 9.47 Å². The molecular weight excluding hydrogens is 1490 g/mol. The van der Waals surface area contributed by atoms with Crippen molar-refractivity contribution >= 4 is 266 Å². The molecule has 0 amide bonds. The molecule has 84 heavy (non-hydrogen) atoms. The first-order valence-electron chi connectivity index (χ1n) is 30.3. The van der Waals surface area contributed by atoms with Gasteiger partial charge in [0.2, 0.25) is 0 Å². The van der Waals surface area contributed by atoms with Crippen molar-refractivity contribution in [2.75, 3.05) is 26.4 Å². The number of ether oxygens (including phenoxy) is 2. The number of unbranched alkanes of at least 4 members (excludes halogenated alkanes) is 18. The van der Waals surface area contributed by atoms with Gasteiger partial charge in [0.05, 0.1) is 67.8 Å². The molecule has 2 fully saturated rings. The Labute approximate surface area is 574 Å². The van der Waals surface area contributed by atoms with Gasteiger partial charge in [0.15, 0.2) is 0 Å². The van der Waals surface area contributed by atoms with E-state index in [1.807, 2.05) is 136 Å². The fourth-order valence-electron chi connectivity index (χ4n) is 9.80. The molecule has 2 aliphatic rings.